The third kappa shape index (κ3) is 3.54. The Kier molecular flexibility index (Phi) is 5.09. The number of hydrogen-bond acceptors (Lipinski definition) is 4. The monoisotopic (exact) mass is 298 g/mol. The summed E-state index contributed by atoms with van der Waals surface area (Å²) in [5, 5.41) is 0. The molecule has 1 aliphatic rings. The van der Waals surface area contributed by atoms with Gasteiger partial charge in [0, 0.05) is 39.1 Å². The molecule has 0 aromatic carbocycles. The van der Waals surface area contributed by atoms with Crippen molar-refractivity contribution in [1.82, 2.24) is 13.6 Å². The summed E-state index contributed by atoms with van der Waals surface area (Å²) in [6, 6.07) is 3.68. The summed E-state index contributed by atoms with van der Waals surface area (Å²) in [5.74, 6) is 0.269. The van der Waals surface area contributed by atoms with Crippen LogP contribution in [0.1, 0.15) is 18.4 Å². The third-order valence-electron chi connectivity index (χ3n) is 3.66. The Morgan fingerprint density at radius 3 is 3.00 bits per heavy atom. The van der Waals surface area contributed by atoms with Crippen LogP contribution in [-0.4, -0.2) is 48.7 Å². The molecule has 2 rings (SSSR count). The SMILES string of the molecule is CN(Cc1cccnc1)S(=O)(=O)N1CCCC(CN)C1. The van der Waals surface area contributed by atoms with Crippen LogP contribution in [0.5, 0.6) is 0 Å². The average molecular weight is 298 g/mol. The van der Waals surface area contributed by atoms with E-state index in [1.807, 2.05) is 6.07 Å². The molecule has 0 bridgehead atoms. The molecule has 6 nitrogen and oxygen atoms in total. The Labute approximate surface area is 120 Å². The average Bonchev–Trinajstić information content (AvgIpc) is 2.48. The third-order valence-corrected chi connectivity index (χ3v) is 5.56. The number of rotatable bonds is 5. The fourth-order valence-corrected chi connectivity index (χ4v) is 3.92. The van der Waals surface area contributed by atoms with E-state index in [2.05, 4.69) is 4.98 Å². The largest absolute Gasteiger partial charge is 0.330 e. The van der Waals surface area contributed by atoms with Gasteiger partial charge in [0.1, 0.15) is 0 Å². The van der Waals surface area contributed by atoms with E-state index < -0.39 is 10.2 Å². The van der Waals surface area contributed by atoms with E-state index in [9.17, 15) is 8.42 Å². The van der Waals surface area contributed by atoms with Gasteiger partial charge in [-0.2, -0.15) is 17.0 Å². The Morgan fingerprint density at radius 1 is 1.55 bits per heavy atom. The van der Waals surface area contributed by atoms with E-state index in [0.717, 1.165) is 18.4 Å². The quantitative estimate of drug-likeness (QED) is 0.855. The molecule has 1 fully saturated rings. The standard InChI is InChI=1S/C13H22N4O2S/c1-16(10-13-4-2-6-15-9-13)20(18,19)17-7-3-5-12(8-14)11-17/h2,4,6,9,12H,3,5,7-8,10-11,14H2,1H3. The zero-order valence-corrected chi connectivity index (χ0v) is 12.6. The summed E-state index contributed by atoms with van der Waals surface area (Å²) in [4.78, 5) is 4.01. The van der Waals surface area contributed by atoms with Gasteiger partial charge in [-0.05, 0) is 36.9 Å². The second kappa shape index (κ2) is 6.62. The van der Waals surface area contributed by atoms with Crippen LogP contribution in [0.3, 0.4) is 0 Å². The number of aromatic nitrogens is 1. The van der Waals surface area contributed by atoms with Crippen molar-refractivity contribution in [1.29, 1.82) is 0 Å². The Morgan fingerprint density at radius 2 is 2.35 bits per heavy atom. The van der Waals surface area contributed by atoms with Crippen LogP contribution in [0, 0.1) is 5.92 Å². The van der Waals surface area contributed by atoms with Gasteiger partial charge in [-0.15, -0.1) is 0 Å². The van der Waals surface area contributed by atoms with Gasteiger partial charge in [-0.1, -0.05) is 6.07 Å². The Hall–Kier alpha value is -1.02. The Bertz CT molecular complexity index is 520. The summed E-state index contributed by atoms with van der Waals surface area (Å²) in [6.07, 6.45) is 5.25. The molecule has 2 N–H and O–H groups in total. The van der Waals surface area contributed by atoms with Gasteiger partial charge in [0.2, 0.25) is 0 Å². The first-order valence-electron chi connectivity index (χ1n) is 6.84. The molecular formula is C13H22N4O2S. The van der Waals surface area contributed by atoms with Gasteiger partial charge in [0.05, 0.1) is 0 Å². The zero-order valence-electron chi connectivity index (χ0n) is 11.8. The molecular weight excluding hydrogens is 276 g/mol. The maximum Gasteiger partial charge on any atom is 0.282 e. The van der Waals surface area contributed by atoms with Crippen molar-refractivity contribution in [2.45, 2.75) is 19.4 Å². The van der Waals surface area contributed by atoms with Crippen molar-refractivity contribution in [3.8, 4) is 0 Å². The van der Waals surface area contributed by atoms with Gasteiger partial charge in [-0.25, -0.2) is 0 Å². The number of hydrogen-bond donors (Lipinski definition) is 1. The van der Waals surface area contributed by atoms with Crippen LogP contribution in [0.25, 0.3) is 0 Å². The van der Waals surface area contributed by atoms with Crippen LogP contribution >= 0.6 is 0 Å². The van der Waals surface area contributed by atoms with E-state index in [1.54, 1.807) is 29.8 Å². The molecule has 7 heteroatoms. The number of nitrogens with two attached hydrogens (primary N) is 1. The van der Waals surface area contributed by atoms with Crippen LogP contribution < -0.4 is 5.73 Å². The summed E-state index contributed by atoms with van der Waals surface area (Å²) < 4.78 is 28.0. The first-order valence-corrected chi connectivity index (χ1v) is 8.24. The molecule has 1 aromatic rings. The summed E-state index contributed by atoms with van der Waals surface area (Å²) in [7, 11) is -1.81. The van der Waals surface area contributed by atoms with Crippen molar-refractivity contribution in [3.05, 3.63) is 30.1 Å². The molecule has 20 heavy (non-hydrogen) atoms. The van der Waals surface area contributed by atoms with Gasteiger partial charge in [-0.3, -0.25) is 4.98 Å². The molecule has 1 atom stereocenters. The highest BCUT2D eigenvalue weighted by Crippen LogP contribution is 2.20. The van der Waals surface area contributed by atoms with Gasteiger partial charge in [0.15, 0.2) is 0 Å². The molecule has 0 saturated carbocycles. The van der Waals surface area contributed by atoms with Gasteiger partial charge < -0.3 is 5.73 Å². The normalized spacial score (nSPS) is 21.2. The predicted octanol–water partition coefficient (Wildman–Crippen LogP) is 0.429. The molecule has 1 aliphatic heterocycles. The van der Waals surface area contributed by atoms with Gasteiger partial charge in [0.25, 0.3) is 10.2 Å². The minimum Gasteiger partial charge on any atom is -0.330 e. The topological polar surface area (TPSA) is 79.5 Å². The van der Waals surface area contributed by atoms with E-state index in [-0.39, 0.29) is 5.92 Å². The number of pyridine rings is 1. The zero-order chi connectivity index (χ0) is 14.6. The van der Waals surface area contributed by atoms with Crippen LogP contribution in [0.4, 0.5) is 0 Å². The van der Waals surface area contributed by atoms with E-state index in [1.165, 1.54) is 4.31 Å². The maximum atomic E-state index is 12.5. The summed E-state index contributed by atoms with van der Waals surface area (Å²) in [5.41, 5.74) is 6.55. The molecule has 112 valence electrons. The van der Waals surface area contributed by atoms with Gasteiger partial charge >= 0.3 is 0 Å². The highest BCUT2D eigenvalue weighted by molar-refractivity contribution is 7.86. The molecule has 1 unspecified atom stereocenters. The van der Waals surface area contributed by atoms with Crippen molar-refractivity contribution >= 4 is 10.2 Å². The minimum absolute atomic E-state index is 0.269. The molecule has 1 saturated heterocycles. The van der Waals surface area contributed by atoms with Crippen molar-refractivity contribution in [3.63, 3.8) is 0 Å². The molecule has 1 aromatic heterocycles. The van der Waals surface area contributed by atoms with Crippen LogP contribution in [0.2, 0.25) is 0 Å². The maximum absolute atomic E-state index is 12.5. The smallest absolute Gasteiger partial charge is 0.282 e. The lowest BCUT2D eigenvalue weighted by atomic mass is 10.0. The number of piperidine rings is 1. The molecule has 0 aliphatic carbocycles. The van der Waals surface area contributed by atoms with Crippen LogP contribution in [0.15, 0.2) is 24.5 Å². The van der Waals surface area contributed by atoms with Crippen LogP contribution in [-0.2, 0) is 16.8 Å². The highest BCUT2D eigenvalue weighted by atomic mass is 32.2. The predicted molar refractivity (Wildman–Crippen MR) is 78.0 cm³/mol. The fourth-order valence-electron chi connectivity index (χ4n) is 2.46. The first kappa shape index (κ1) is 15.4. The number of nitrogens with zero attached hydrogens (tertiary/aromatic N) is 3. The fraction of sp³-hybridized carbons (Fsp3) is 0.615. The lowest BCUT2D eigenvalue weighted by Gasteiger charge is -2.33. The summed E-state index contributed by atoms with van der Waals surface area (Å²) >= 11 is 0. The second-order valence-corrected chi connectivity index (χ2v) is 7.26. The first-order chi connectivity index (χ1) is 9.54. The van der Waals surface area contributed by atoms with E-state index in [4.69, 9.17) is 5.73 Å². The highest BCUT2D eigenvalue weighted by Gasteiger charge is 2.31. The van der Waals surface area contributed by atoms with E-state index in [0.29, 0.717) is 26.2 Å². The van der Waals surface area contributed by atoms with Crippen molar-refractivity contribution in [2.75, 3.05) is 26.7 Å². The van der Waals surface area contributed by atoms with E-state index >= 15 is 0 Å². The molecule has 0 spiro atoms. The summed E-state index contributed by atoms with van der Waals surface area (Å²) in [6.45, 7) is 1.98. The molecule has 0 radical (unpaired) electrons. The van der Waals surface area contributed by atoms with Crippen molar-refractivity contribution in [2.24, 2.45) is 11.7 Å². The second-order valence-electron chi connectivity index (χ2n) is 5.23. The molecule has 2 heterocycles. The minimum atomic E-state index is -3.42. The Balaban J connectivity index is 2.05. The van der Waals surface area contributed by atoms with Crippen molar-refractivity contribution < 1.29 is 8.42 Å². The molecule has 0 amide bonds. The lowest BCUT2D eigenvalue weighted by Crippen LogP contribution is -2.47. The lowest BCUT2D eigenvalue weighted by molar-refractivity contribution is 0.255.